The molecule has 0 radical (unpaired) electrons. The Morgan fingerprint density at radius 3 is 2.59 bits per heavy atom. The van der Waals surface area contributed by atoms with Gasteiger partial charge in [0.05, 0.1) is 17.2 Å². The quantitative estimate of drug-likeness (QED) is 0.843. The van der Waals surface area contributed by atoms with Crippen LogP contribution < -0.4 is 15.4 Å². The number of hydrogen-bond donors (Lipinski definition) is 1. The lowest BCUT2D eigenvalue weighted by Crippen LogP contribution is -2.62. The predicted molar refractivity (Wildman–Crippen MR) is 111 cm³/mol. The molecule has 2 unspecified atom stereocenters. The van der Waals surface area contributed by atoms with E-state index in [0.29, 0.717) is 42.8 Å². The van der Waals surface area contributed by atoms with Crippen LogP contribution in [0.1, 0.15) is 18.9 Å². The molecule has 0 amide bonds. The summed E-state index contributed by atoms with van der Waals surface area (Å²) in [7, 11) is 3.61. The maximum atomic E-state index is 15.1. The van der Waals surface area contributed by atoms with Gasteiger partial charge in [-0.2, -0.15) is 0 Å². The first-order valence-electron chi connectivity index (χ1n) is 10.1. The van der Waals surface area contributed by atoms with Crippen molar-refractivity contribution >= 4 is 22.3 Å². The molecular formula is C21H28F2N4O2. The highest BCUT2D eigenvalue weighted by Crippen LogP contribution is 2.41. The molecule has 2 atom stereocenters. The van der Waals surface area contributed by atoms with Gasteiger partial charge in [-0.05, 0) is 33.4 Å². The Balaban J connectivity index is 2.05. The second-order valence-corrected chi connectivity index (χ2v) is 8.37. The van der Waals surface area contributed by atoms with E-state index in [1.54, 1.807) is 0 Å². The molecule has 29 heavy (non-hydrogen) atoms. The molecule has 0 saturated carbocycles. The van der Waals surface area contributed by atoms with Crippen LogP contribution in [0.15, 0.2) is 10.9 Å². The zero-order chi connectivity index (χ0) is 21.0. The molecule has 1 saturated heterocycles. The number of aryl methyl sites for hydroxylation is 1. The molecule has 0 bridgehead atoms. The maximum Gasteiger partial charge on any atom is 0.276 e. The number of aromatic nitrogens is 1. The van der Waals surface area contributed by atoms with E-state index in [-0.39, 0.29) is 35.3 Å². The largest absolute Gasteiger partial charge is 0.396 e. The SMILES string of the molecule is Cc1c(F)cc2c3c(c(=O)n(C)c2c1F)N(CCCO)CC1CN(C)C(C)CN31. The highest BCUT2D eigenvalue weighted by molar-refractivity contribution is 6.00. The van der Waals surface area contributed by atoms with Gasteiger partial charge in [-0.25, -0.2) is 8.78 Å². The summed E-state index contributed by atoms with van der Waals surface area (Å²) in [5, 5.41) is 9.75. The maximum absolute atomic E-state index is 15.1. The van der Waals surface area contributed by atoms with E-state index >= 15 is 4.39 Å². The third kappa shape index (κ3) is 3.00. The monoisotopic (exact) mass is 406 g/mol. The summed E-state index contributed by atoms with van der Waals surface area (Å²) in [6, 6.07) is 1.72. The first kappa shape index (κ1) is 20.1. The zero-order valence-electron chi connectivity index (χ0n) is 17.4. The van der Waals surface area contributed by atoms with Crippen LogP contribution in [-0.4, -0.2) is 66.5 Å². The van der Waals surface area contributed by atoms with Crippen molar-refractivity contribution < 1.29 is 13.9 Å². The highest BCUT2D eigenvalue weighted by Gasteiger charge is 2.39. The molecule has 2 aliphatic heterocycles. The average Bonchev–Trinajstić information content (AvgIpc) is 2.68. The summed E-state index contributed by atoms with van der Waals surface area (Å²) in [6.45, 7) is 6.16. The summed E-state index contributed by atoms with van der Waals surface area (Å²) < 4.78 is 30.9. The van der Waals surface area contributed by atoms with Crippen LogP contribution in [-0.2, 0) is 7.05 Å². The number of nitrogens with zero attached hydrogens (tertiary/aromatic N) is 4. The minimum Gasteiger partial charge on any atom is -0.396 e. The Bertz CT molecular complexity index is 1020. The zero-order valence-corrected chi connectivity index (χ0v) is 17.4. The number of aliphatic hydroxyl groups excluding tert-OH is 1. The van der Waals surface area contributed by atoms with Crippen LogP contribution in [0.4, 0.5) is 20.2 Å². The van der Waals surface area contributed by atoms with E-state index in [9.17, 15) is 14.3 Å². The van der Waals surface area contributed by atoms with Crippen molar-refractivity contribution in [2.24, 2.45) is 7.05 Å². The van der Waals surface area contributed by atoms with Crippen molar-refractivity contribution in [3.05, 3.63) is 33.6 Å². The lowest BCUT2D eigenvalue weighted by atomic mass is 9.98. The van der Waals surface area contributed by atoms with Crippen LogP contribution in [0.3, 0.4) is 0 Å². The highest BCUT2D eigenvalue weighted by atomic mass is 19.1. The molecule has 158 valence electrons. The van der Waals surface area contributed by atoms with Gasteiger partial charge >= 0.3 is 0 Å². The Morgan fingerprint density at radius 1 is 1.17 bits per heavy atom. The van der Waals surface area contributed by atoms with Crippen LogP contribution in [0.5, 0.6) is 0 Å². The molecule has 1 aromatic carbocycles. The van der Waals surface area contributed by atoms with Crippen molar-refractivity contribution in [3.63, 3.8) is 0 Å². The lowest BCUT2D eigenvalue weighted by Gasteiger charge is -2.51. The molecule has 1 fully saturated rings. The molecule has 3 heterocycles. The number of pyridine rings is 1. The van der Waals surface area contributed by atoms with Gasteiger partial charge in [0.25, 0.3) is 5.56 Å². The Labute approximate surface area is 168 Å². The second-order valence-electron chi connectivity index (χ2n) is 8.37. The van der Waals surface area contributed by atoms with Gasteiger partial charge in [0.2, 0.25) is 0 Å². The smallest absolute Gasteiger partial charge is 0.276 e. The number of halogens is 2. The van der Waals surface area contributed by atoms with Gasteiger partial charge in [-0.3, -0.25) is 9.69 Å². The van der Waals surface area contributed by atoms with Crippen molar-refractivity contribution in [1.29, 1.82) is 0 Å². The molecule has 2 aromatic rings. The lowest BCUT2D eigenvalue weighted by molar-refractivity contribution is 0.198. The van der Waals surface area contributed by atoms with Gasteiger partial charge in [-0.1, -0.05) is 0 Å². The summed E-state index contributed by atoms with van der Waals surface area (Å²) in [4.78, 5) is 19.7. The molecule has 0 aliphatic carbocycles. The number of fused-ring (bicyclic) bond motifs is 5. The predicted octanol–water partition coefficient (Wildman–Crippen LogP) is 1.84. The summed E-state index contributed by atoms with van der Waals surface area (Å²) >= 11 is 0. The third-order valence-electron chi connectivity index (χ3n) is 6.52. The fourth-order valence-corrected chi connectivity index (χ4v) is 4.70. The molecule has 8 heteroatoms. The molecule has 4 rings (SSSR count). The fourth-order valence-electron chi connectivity index (χ4n) is 4.70. The normalized spacial score (nSPS) is 22.2. The van der Waals surface area contributed by atoms with Crippen molar-refractivity contribution in [2.45, 2.75) is 32.4 Å². The topological polar surface area (TPSA) is 52.0 Å². The number of likely N-dealkylation sites (N-methyl/N-ethyl adjacent to an activating group) is 1. The number of piperazine rings is 1. The number of hydrogen-bond acceptors (Lipinski definition) is 5. The number of aliphatic hydroxyl groups is 1. The van der Waals surface area contributed by atoms with E-state index in [1.165, 1.54) is 24.6 Å². The number of benzene rings is 1. The molecule has 2 aliphatic rings. The first-order chi connectivity index (χ1) is 13.8. The van der Waals surface area contributed by atoms with Gasteiger partial charge in [0, 0.05) is 56.8 Å². The summed E-state index contributed by atoms with van der Waals surface area (Å²) in [5.41, 5.74) is 0.866. The van der Waals surface area contributed by atoms with Crippen LogP contribution in [0.25, 0.3) is 10.9 Å². The standard InChI is InChI=1S/C21H28F2N4O2/c1-12-9-27-14(10-24(12)3)11-26(6-5-7-28)20-19(27)15-8-16(22)13(2)17(23)18(15)25(4)21(20)29/h8,12,14,28H,5-7,9-11H2,1-4H3. The molecular weight excluding hydrogens is 378 g/mol. The van der Waals surface area contributed by atoms with Crippen LogP contribution >= 0.6 is 0 Å². The molecule has 1 aromatic heterocycles. The minimum absolute atomic E-state index is 0.0213. The first-order valence-corrected chi connectivity index (χ1v) is 10.1. The van der Waals surface area contributed by atoms with Crippen molar-refractivity contribution in [1.82, 2.24) is 9.47 Å². The van der Waals surface area contributed by atoms with E-state index < -0.39 is 11.6 Å². The van der Waals surface area contributed by atoms with Crippen molar-refractivity contribution in [2.75, 3.05) is 49.6 Å². The van der Waals surface area contributed by atoms with E-state index in [4.69, 9.17) is 0 Å². The average molecular weight is 406 g/mol. The third-order valence-corrected chi connectivity index (χ3v) is 6.52. The van der Waals surface area contributed by atoms with E-state index in [2.05, 4.69) is 23.8 Å². The summed E-state index contributed by atoms with van der Waals surface area (Å²) in [5.74, 6) is -1.30. The van der Waals surface area contributed by atoms with Crippen LogP contribution in [0.2, 0.25) is 0 Å². The van der Waals surface area contributed by atoms with Gasteiger partial charge in [0.1, 0.15) is 11.5 Å². The molecule has 0 spiro atoms. The second kappa shape index (κ2) is 7.25. The number of rotatable bonds is 3. The summed E-state index contributed by atoms with van der Waals surface area (Å²) in [6.07, 6.45) is 0.524. The van der Waals surface area contributed by atoms with Crippen LogP contribution in [0, 0.1) is 18.6 Å². The van der Waals surface area contributed by atoms with E-state index in [0.717, 1.165) is 6.54 Å². The van der Waals surface area contributed by atoms with E-state index in [1.807, 2.05) is 4.90 Å². The molecule has 6 nitrogen and oxygen atoms in total. The Hall–Kier alpha value is -2.19. The number of anilines is 2. The van der Waals surface area contributed by atoms with Gasteiger partial charge < -0.3 is 19.5 Å². The fraction of sp³-hybridized carbons (Fsp3) is 0.571. The van der Waals surface area contributed by atoms with Gasteiger partial charge in [-0.15, -0.1) is 0 Å². The molecule has 1 N–H and O–H groups in total. The Kier molecular flexibility index (Phi) is 5.02. The van der Waals surface area contributed by atoms with Crippen molar-refractivity contribution in [3.8, 4) is 0 Å². The Morgan fingerprint density at radius 2 is 1.90 bits per heavy atom. The minimum atomic E-state index is -0.686. The van der Waals surface area contributed by atoms with Gasteiger partial charge in [0.15, 0.2) is 5.82 Å².